The molecular formula is C26H37NO6. The van der Waals surface area contributed by atoms with E-state index in [4.69, 9.17) is 14.2 Å². The number of carbonyl (C=O) groups is 2. The summed E-state index contributed by atoms with van der Waals surface area (Å²) in [5, 5.41) is 13.5. The van der Waals surface area contributed by atoms with E-state index in [2.05, 4.69) is 5.32 Å². The smallest absolute Gasteiger partial charge is 0.336 e. The van der Waals surface area contributed by atoms with Crippen molar-refractivity contribution in [1.29, 1.82) is 0 Å². The van der Waals surface area contributed by atoms with Gasteiger partial charge in [0.2, 0.25) is 0 Å². The normalized spacial score (nSPS) is 15.9. The van der Waals surface area contributed by atoms with Gasteiger partial charge in [0.05, 0.1) is 35.9 Å². The highest BCUT2D eigenvalue weighted by atomic mass is 16.6. The number of rotatable bonds is 9. The fourth-order valence-electron chi connectivity index (χ4n) is 4.05. The molecule has 0 saturated heterocycles. The number of allylic oxidation sites excluding steroid dienone is 2. The summed E-state index contributed by atoms with van der Waals surface area (Å²) in [4.78, 5) is 26.0. The average molecular weight is 460 g/mol. The molecule has 2 rings (SSSR count). The number of ether oxygens (including phenoxy) is 3. The van der Waals surface area contributed by atoms with Crippen molar-refractivity contribution in [2.24, 2.45) is 0 Å². The SMILES string of the molecule is CCOC(=O)C1=C(C)NC(C)=C(C(=O)OCC)C1c1ccccc1CC[C@H](O)OC(C)(C)C. The minimum Gasteiger partial charge on any atom is -0.463 e. The minimum atomic E-state index is -0.935. The predicted octanol–water partition coefficient (Wildman–Crippen LogP) is 4.11. The monoisotopic (exact) mass is 459 g/mol. The van der Waals surface area contributed by atoms with Crippen LogP contribution in [-0.2, 0) is 30.2 Å². The molecule has 0 fully saturated rings. The second kappa shape index (κ2) is 11.5. The third-order valence-corrected chi connectivity index (χ3v) is 5.27. The maximum atomic E-state index is 13.0. The number of aliphatic hydroxyl groups is 1. The molecule has 182 valence electrons. The number of aliphatic hydroxyl groups excluding tert-OH is 1. The Morgan fingerprint density at radius 2 is 1.52 bits per heavy atom. The molecule has 0 aliphatic carbocycles. The molecule has 1 aromatic rings. The Labute approximate surface area is 196 Å². The molecule has 1 aromatic carbocycles. The summed E-state index contributed by atoms with van der Waals surface area (Å²) in [5.41, 5.74) is 3.26. The van der Waals surface area contributed by atoms with Gasteiger partial charge in [0.1, 0.15) is 0 Å². The van der Waals surface area contributed by atoms with Gasteiger partial charge in [-0.05, 0) is 66.0 Å². The van der Waals surface area contributed by atoms with Gasteiger partial charge in [-0.15, -0.1) is 0 Å². The molecule has 7 heteroatoms. The van der Waals surface area contributed by atoms with Crippen LogP contribution in [0.25, 0.3) is 0 Å². The number of hydrogen-bond donors (Lipinski definition) is 2. The minimum absolute atomic E-state index is 0.220. The zero-order valence-electron chi connectivity index (χ0n) is 20.8. The van der Waals surface area contributed by atoms with Gasteiger partial charge in [-0.25, -0.2) is 9.59 Å². The topological polar surface area (TPSA) is 94.1 Å². The summed E-state index contributed by atoms with van der Waals surface area (Å²) in [7, 11) is 0. The van der Waals surface area contributed by atoms with Gasteiger partial charge in [0.15, 0.2) is 6.29 Å². The van der Waals surface area contributed by atoms with Crippen molar-refractivity contribution in [2.75, 3.05) is 13.2 Å². The van der Waals surface area contributed by atoms with Gasteiger partial charge in [0.25, 0.3) is 0 Å². The van der Waals surface area contributed by atoms with Crippen LogP contribution < -0.4 is 5.32 Å². The van der Waals surface area contributed by atoms with Gasteiger partial charge in [-0.3, -0.25) is 0 Å². The Morgan fingerprint density at radius 1 is 1.00 bits per heavy atom. The zero-order chi connectivity index (χ0) is 24.8. The molecule has 0 radical (unpaired) electrons. The summed E-state index contributed by atoms with van der Waals surface area (Å²) in [6.45, 7) is 13.2. The van der Waals surface area contributed by atoms with E-state index in [1.54, 1.807) is 27.7 Å². The summed E-state index contributed by atoms with van der Waals surface area (Å²) in [5.74, 6) is -1.61. The molecule has 1 aliphatic rings. The predicted molar refractivity (Wildman–Crippen MR) is 126 cm³/mol. The number of dihydropyridines is 1. The van der Waals surface area contributed by atoms with Crippen LogP contribution in [0.4, 0.5) is 0 Å². The van der Waals surface area contributed by atoms with E-state index in [0.29, 0.717) is 35.4 Å². The number of hydrogen-bond acceptors (Lipinski definition) is 7. The molecule has 0 spiro atoms. The lowest BCUT2D eigenvalue weighted by Crippen LogP contribution is -2.33. The maximum Gasteiger partial charge on any atom is 0.336 e. The molecule has 0 aromatic heterocycles. The van der Waals surface area contributed by atoms with Crippen molar-refractivity contribution < 1.29 is 28.9 Å². The Morgan fingerprint density at radius 3 is 2.00 bits per heavy atom. The van der Waals surface area contributed by atoms with Crippen LogP contribution in [0.3, 0.4) is 0 Å². The summed E-state index contributed by atoms with van der Waals surface area (Å²) in [6, 6.07) is 7.62. The number of benzene rings is 1. The van der Waals surface area contributed by atoms with Crippen molar-refractivity contribution in [2.45, 2.75) is 79.1 Å². The quantitative estimate of drug-likeness (QED) is 0.424. The van der Waals surface area contributed by atoms with Crippen LogP contribution >= 0.6 is 0 Å². The van der Waals surface area contributed by atoms with E-state index in [1.807, 2.05) is 45.0 Å². The highest BCUT2D eigenvalue weighted by molar-refractivity contribution is 6.00. The van der Waals surface area contributed by atoms with Crippen molar-refractivity contribution in [1.82, 2.24) is 5.32 Å². The van der Waals surface area contributed by atoms with Crippen LogP contribution in [0.1, 0.15) is 71.9 Å². The molecule has 1 aliphatic heterocycles. The Bertz CT molecular complexity index is 885. The Balaban J connectivity index is 2.54. The molecule has 0 unspecified atom stereocenters. The van der Waals surface area contributed by atoms with Crippen molar-refractivity contribution >= 4 is 11.9 Å². The lowest BCUT2D eigenvalue weighted by Gasteiger charge is -2.31. The van der Waals surface area contributed by atoms with Crippen molar-refractivity contribution in [3.8, 4) is 0 Å². The number of nitrogens with one attached hydrogen (secondary N) is 1. The Kier molecular flexibility index (Phi) is 9.25. The third-order valence-electron chi connectivity index (χ3n) is 5.27. The largest absolute Gasteiger partial charge is 0.463 e. The first-order valence-corrected chi connectivity index (χ1v) is 11.5. The zero-order valence-corrected chi connectivity index (χ0v) is 20.8. The van der Waals surface area contributed by atoms with Crippen molar-refractivity contribution in [3.05, 3.63) is 57.9 Å². The Hall–Kier alpha value is -2.64. The van der Waals surface area contributed by atoms with Crippen LogP contribution in [0.2, 0.25) is 0 Å². The lowest BCUT2D eigenvalue weighted by molar-refractivity contribution is -0.167. The number of esters is 2. The van der Waals surface area contributed by atoms with Crippen LogP contribution in [-0.4, -0.2) is 42.1 Å². The second-order valence-electron chi connectivity index (χ2n) is 9.00. The van der Waals surface area contributed by atoms with E-state index in [-0.39, 0.29) is 13.2 Å². The van der Waals surface area contributed by atoms with Crippen molar-refractivity contribution in [3.63, 3.8) is 0 Å². The van der Waals surface area contributed by atoms with E-state index >= 15 is 0 Å². The number of aryl methyl sites for hydroxylation is 1. The van der Waals surface area contributed by atoms with Crippen LogP contribution in [0.15, 0.2) is 46.8 Å². The fraction of sp³-hybridized carbons (Fsp3) is 0.538. The molecule has 0 bridgehead atoms. The van der Waals surface area contributed by atoms with Gasteiger partial charge in [0, 0.05) is 17.8 Å². The van der Waals surface area contributed by atoms with E-state index in [9.17, 15) is 14.7 Å². The first kappa shape index (κ1) is 26.6. The molecular weight excluding hydrogens is 422 g/mol. The third kappa shape index (κ3) is 6.92. The van der Waals surface area contributed by atoms with Gasteiger partial charge < -0.3 is 24.6 Å². The van der Waals surface area contributed by atoms with E-state index in [0.717, 1.165) is 11.1 Å². The highest BCUT2D eigenvalue weighted by Crippen LogP contribution is 2.41. The molecule has 0 saturated carbocycles. The first-order chi connectivity index (χ1) is 15.5. The van der Waals surface area contributed by atoms with E-state index < -0.39 is 29.7 Å². The van der Waals surface area contributed by atoms with E-state index in [1.165, 1.54) is 0 Å². The molecule has 1 atom stereocenters. The lowest BCUT2D eigenvalue weighted by atomic mass is 9.78. The molecule has 2 N–H and O–H groups in total. The maximum absolute atomic E-state index is 13.0. The molecule has 7 nitrogen and oxygen atoms in total. The highest BCUT2D eigenvalue weighted by Gasteiger charge is 2.38. The fourth-order valence-corrected chi connectivity index (χ4v) is 4.05. The first-order valence-electron chi connectivity index (χ1n) is 11.5. The van der Waals surface area contributed by atoms with Gasteiger partial charge in [-0.1, -0.05) is 24.3 Å². The average Bonchev–Trinajstić information content (AvgIpc) is 2.71. The molecule has 0 amide bonds. The summed E-state index contributed by atoms with van der Waals surface area (Å²) >= 11 is 0. The standard InChI is InChI=1S/C26H37NO6/c1-8-31-24(29)21-16(3)27-17(4)22(25(30)32-9-2)23(21)19-13-11-10-12-18(19)14-15-20(28)33-26(5,6)7/h10-13,20,23,27-28H,8-9,14-15H2,1-7H3/t20-/m1/s1. The van der Waals surface area contributed by atoms with Gasteiger partial charge in [-0.2, -0.15) is 0 Å². The van der Waals surface area contributed by atoms with Crippen LogP contribution in [0.5, 0.6) is 0 Å². The summed E-state index contributed by atoms with van der Waals surface area (Å²) in [6.07, 6.45) is -0.0647. The van der Waals surface area contributed by atoms with Gasteiger partial charge >= 0.3 is 11.9 Å². The van der Waals surface area contributed by atoms with Crippen LogP contribution in [0, 0.1) is 0 Å². The molecule has 1 heterocycles. The number of carbonyl (C=O) groups excluding carboxylic acids is 2. The second-order valence-corrected chi connectivity index (χ2v) is 9.00. The molecule has 33 heavy (non-hydrogen) atoms. The summed E-state index contributed by atoms with van der Waals surface area (Å²) < 4.78 is 16.3.